The predicted molar refractivity (Wildman–Crippen MR) is 70.4 cm³/mol. The largest absolute Gasteiger partial charge is 0.494 e. The monoisotopic (exact) mass is 234 g/mol. The fraction of sp³-hybridized carbons (Fsp3) is 0.571. The molecule has 0 amide bonds. The topological polar surface area (TPSA) is 38.5 Å². The van der Waals surface area contributed by atoms with Gasteiger partial charge in [-0.3, -0.25) is 0 Å². The third-order valence-corrected chi connectivity index (χ3v) is 3.49. The van der Waals surface area contributed by atoms with Gasteiger partial charge in [0.05, 0.1) is 6.61 Å². The Balaban J connectivity index is 2.10. The molecule has 0 aromatic heterocycles. The number of likely N-dealkylation sites (tertiary alicyclic amines) is 1. The summed E-state index contributed by atoms with van der Waals surface area (Å²) in [6.45, 7) is 4.87. The van der Waals surface area contributed by atoms with E-state index in [9.17, 15) is 0 Å². The van der Waals surface area contributed by atoms with E-state index in [1.54, 1.807) is 0 Å². The summed E-state index contributed by atoms with van der Waals surface area (Å²) in [6.07, 6.45) is 1.08. The van der Waals surface area contributed by atoms with Crippen LogP contribution in [0.25, 0.3) is 0 Å². The van der Waals surface area contributed by atoms with Gasteiger partial charge in [0.25, 0.3) is 0 Å². The molecule has 0 spiro atoms. The molecule has 0 saturated carbocycles. The van der Waals surface area contributed by atoms with Gasteiger partial charge in [0.2, 0.25) is 0 Å². The molecule has 0 aliphatic carbocycles. The average molecular weight is 234 g/mol. The van der Waals surface area contributed by atoms with Gasteiger partial charge < -0.3 is 15.4 Å². The van der Waals surface area contributed by atoms with Crippen LogP contribution in [0.3, 0.4) is 0 Å². The fourth-order valence-corrected chi connectivity index (χ4v) is 2.46. The molecule has 0 radical (unpaired) electrons. The second-order valence-corrected chi connectivity index (χ2v) is 4.82. The van der Waals surface area contributed by atoms with Crippen molar-refractivity contribution in [2.45, 2.75) is 25.3 Å². The highest BCUT2D eigenvalue weighted by atomic mass is 16.5. The highest BCUT2D eigenvalue weighted by molar-refractivity contribution is 5.30. The van der Waals surface area contributed by atoms with Crippen LogP contribution in [0, 0.1) is 0 Å². The minimum absolute atomic E-state index is 0.282. The zero-order valence-electron chi connectivity index (χ0n) is 10.7. The highest BCUT2D eigenvalue weighted by Gasteiger charge is 2.25. The van der Waals surface area contributed by atoms with Gasteiger partial charge >= 0.3 is 0 Å². The zero-order valence-corrected chi connectivity index (χ0v) is 10.7. The summed E-state index contributed by atoms with van der Waals surface area (Å²) >= 11 is 0. The Morgan fingerprint density at radius 1 is 1.35 bits per heavy atom. The van der Waals surface area contributed by atoms with E-state index < -0.39 is 0 Å². The molecule has 1 saturated heterocycles. The summed E-state index contributed by atoms with van der Waals surface area (Å²) in [4.78, 5) is 2.35. The molecule has 1 aliphatic rings. The van der Waals surface area contributed by atoms with Crippen molar-refractivity contribution in [2.75, 3.05) is 26.7 Å². The van der Waals surface area contributed by atoms with Crippen LogP contribution in [0.1, 0.15) is 24.8 Å². The molecule has 2 unspecified atom stereocenters. The van der Waals surface area contributed by atoms with Crippen molar-refractivity contribution in [3.8, 4) is 5.75 Å². The van der Waals surface area contributed by atoms with E-state index in [0.717, 1.165) is 25.3 Å². The predicted octanol–water partition coefficient (Wildman–Crippen LogP) is 1.83. The van der Waals surface area contributed by atoms with Crippen LogP contribution >= 0.6 is 0 Å². The van der Waals surface area contributed by atoms with Crippen molar-refractivity contribution in [3.05, 3.63) is 29.8 Å². The maximum atomic E-state index is 6.21. The van der Waals surface area contributed by atoms with Crippen LogP contribution in [0.5, 0.6) is 5.75 Å². The Labute approximate surface area is 104 Å². The molecule has 1 aromatic carbocycles. The Kier molecular flexibility index (Phi) is 4.02. The number of nitrogens with two attached hydrogens (primary N) is 1. The second kappa shape index (κ2) is 5.52. The van der Waals surface area contributed by atoms with E-state index in [4.69, 9.17) is 10.5 Å². The number of nitrogens with zero attached hydrogens (tertiary/aromatic N) is 1. The first-order valence-electron chi connectivity index (χ1n) is 6.37. The van der Waals surface area contributed by atoms with E-state index in [-0.39, 0.29) is 6.04 Å². The first-order chi connectivity index (χ1) is 8.20. The normalized spacial score (nSPS) is 25.8. The van der Waals surface area contributed by atoms with Crippen molar-refractivity contribution in [3.63, 3.8) is 0 Å². The van der Waals surface area contributed by atoms with Gasteiger partial charge in [-0.15, -0.1) is 0 Å². The van der Waals surface area contributed by atoms with Crippen LogP contribution in [0.15, 0.2) is 24.3 Å². The van der Waals surface area contributed by atoms with Crippen molar-refractivity contribution >= 4 is 0 Å². The van der Waals surface area contributed by atoms with Crippen LogP contribution in [-0.2, 0) is 0 Å². The number of likely N-dealkylation sites (N-methyl/N-ethyl adjacent to an activating group) is 1. The van der Waals surface area contributed by atoms with E-state index in [0.29, 0.717) is 12.5 Å². The smallest absolute Gasteiger partial charge is 0.119 e. The van der Waals surface area contributed by atoms with E-state index in [1.807, 2.05) is 19.1 Å². The molecule has 94 valence electrons. The maximum Gasteiger partial charge on any atom is 0.119 e. The SMILES string of the molecule is CCOc1ccc(C2CN(C)CCC2N)cc1. The quantitative estimate of drug-likeness (QED) is 0.867. The number of rotatable bonds is 3. The Bertz CT molecular complexity index is 350. The minimum atomic E-state index is 0.282. The van der Waals surface area contributed by atoms with Gasteiger partial charge in [-0.05, 0) is 44.6 Å². The lowest BCUT2D eigenvalue weighted by Gasteiger charge is -2.35. The zero-order chi connectivity index (χ0) is 12.3. The summed E-state index contributed by atoms with van der Waals surface area (Å²) in [5.74, 6) is 1.39. The summed E-state index contributed by atoms with van der Waals surface area (Å²) in [7, 11) is 2.16. The third kappa shape index (κ3) is 2.99. The lowest BCUT2D eigenvalue weighted by atomic mass is 9.87. The van der Waals surface area contributed by atoms with Gasteiger partial charge in [-0.2, -0.15) is 0 Å². The number of hydrogen-bond acceptors (Lipinski definition) is 3. The minimum Gasteiger partial charge on any atom is -0.494 e. The standard InChI is InChI=1S/C14H22N2O/c1-3-17-12-6-4-11(5-7-12)13-10-16(2)9-8-14(13)15/h4-7,13-14H,3,8-10,15H2,1-2H3. The van der Waals surface area contributed by atoms with Crippen LogP contribution < -0.4 is 10.5 Å². The number of ether oxygens (including phenoxy) is 1. The first-order valence-corrected chi connectivity index (χ1v) is 6.37. The van der Waals surface area contributed by atoms with Gasteiger partial charge in [0.15, 0.2) is 0 Å². The molecular weight excluding hydrogens is 212 g/mol. The van der Waals surface area contributed by atoms with E-state index in [1.165, 1.54) is 5.56 Å². The molecular formula is C14H22N2O. The third-order valence-electron chi connectivity index (χ3n) is 3.49. The molecule has 2 N–H and O–H groups in total. The highest BCUT2D eigenvalue weighted by Crippen LogP contribution is 2.26. The summed E-state index contributed by atoms with van der Waals surface area (Å²) in [5, 5.41) is 0. The van der Waals surface area contributed by atoms with Crippen molar-refractivity contribution in [1.82, 2.24) is 4.90 Å². The molecule has 1 fully saturated rings. The van der Waals surface area contributed by atoms with Crippen LogP contribution in [-0.4, -0.2) is 37.7 Å². The molecule has 3 heteroatoms. The lowest BCUT2D eigenvalue weighted by molar-refractivity contribution is 0.228. The summed E-state index contributed by atoms with van der Waals surface area (Å²) in [5.41, 5.74) is 7.54. The van der Waals surface area contributed by atoms with E-state index >= 15 is 0 Å². The Hall–Kier alpha value is -1.06. The van der Waals surface area contributed by atoms with Gasteiger partial charge in [-0.25, -0.2) is 0 Å². The molecule has 1 aliphatic heterocycles. The fourth-order valence-electron chi connectivity index (χ4n) is 2.46. The molecule has 2 atom stereocenters. The summed E-state index contributed by atoms with van der Waals surface area (Å²) < 4.78 is 5.45. The summed E-state index contributed by atoms with van der Waals surface area (Å²) in [6, 6.07) is 8.66. The molecule has 0 bridgehead atoms. The van der Waals surface area contributed by atoms with Gasteiger partial charge in [-0.1, -0.05) is 12.1 Å². The van der Waals surface area contributed by atoms with Crippen LogP contribution in [0.2, 0.25) is 0 Å². The molecule has 1 heterocycles. The van der Waals surface area contributed by atoms with Crippen LogP contribution in [0.4, 0.5) is 0 Å². The molecule has 1 aromatic rings. The molecule has 2 rings (SSSR count). The first kappa shape index (κ1) is 12.4. The van der Waals surface area contributed by atoms with E-state index in [2.05, 4.69) is 24.1 Å². The number of piperidine rings is 1. The van der Waals surface area contributed by atoms with Crippen molar-refractivity contribution in [1.29, 1.82) is 0 Å². The molecule has 3 nitrogen and oxygen atoms in total. The van der Waals surface area contributed by atoms with Gasteiger partial charge in [0.1, 0.15) is 5.75 Å². The van der Waals surface area contributed by atoms with Crippen molar-refractivity contribution < 1.29 is 4.74 Å². The molecule has 17 heavy (non-hydrogen) atoms. The Morgan fingerprint density at radius 2 is 2.06 bits per heavy atom. The maximum absolute atomic E-state index is 6.21. The van der Waals surface area contributed by atoms with Gasteiger partial charge in [0, 0.05) is 18.5 Å². The number of hydrogen-bond donors (Lipinski definition) is 1. The van der Waals surface area contributed by atoms with Crippen molar-refractivity contribution in [2.24, 2.45) is 5.73 Å². The lowest BCUT2D eigenvalue weighted by Crippen LogP contribution is -2.43. The number of benzene rings is 1. The average Bonchev–Trinajstić information content (AvgIpc) is 2.34. The second-order valence-electron chi connectivity index (χ2n) is 4.82. The Morgan fingerprint density at radius 3 is 2.71 bits per heavy atom.